The Bertz CT molecular complexity index is 1470. The van der Waals surface area contributed by atoms with Gasteiger partial charge in [-0.3, -0.25) is 9.59 Å². The molecule has 0 radical (unpaired) electrons. The van der Waals surface area contributed by atoms with E-state index in [-0.39, 0.29) is 22.2 Å². The van der Waals surface area contributed by atoms with E-state index in [1.54, 1.807) is 24.3 Å². The molecule has 1 N–H and O–H groups in total. The minimum Gasteiger partial charge on any atom is -0.456 e. The molecule has 1 saturated heterocycles. The van der Waals surface area contributed by atoms with Gasteiger partial charge in [0, 0.05) is 23.4 Å². The maximum absolute atomic E-state index is 13.0. The summed E-state index contributed by atoms with van der Waals surface area (Å²) in [7, 11) is 0. The molecule has 6 nitrogen and oxygen atoms in total. The van der Waals surface area contributed by atoms with Crippen molar-refractivity contribution in [2.24, 2.45) is 10.8 Å². The van der Waals surface area contributed by atoms with Crippen LogP contribution < -0.4 is 10.7 Å². The van der Waals surface area contributed by atoms with E-state index in [0.29, 0.717) is 51.9 Å². The second-order valence-electron chi connectivity index (χ2n) is 10.4. The van der Waals surface area contributed by atoms with Crippen LogP contribution in [-0.4, -0.2) is 17.4 Å². The molecule has 3 heterocycles. The average Bonchev–Trinajstić information content (AvgIpc) is 3.13. The number of nitrogens with one attached hydrogen (secondary N) is 1. The molecule has 31 heavy (non-hydrogen) atoms. The van der Waals surface area contributed by atoms with Gasteiger partial charge in [-0.2, -0.15) is 0 Å². The summed E-state index contributed by atoms with van der Waals surface area (Å²) in [6.45, 7) is 7.09. The van der Waals surface area contributed by atoms with Crippen molar-refractivity contribution in [2.45, 2.75) is 45.4 Å². The lowest BCUT2D eigenvalue weighted by atomic mass is 9.52. The van der Waals surface area contributed by atoms with E-state index in [1.807, 2.05) is 19.1 Å². The Balaban J connectivity index is 1.53. The predicted octanol–water partition coefficient (Wildman–Crippen LogP) is 4.67. The number of hydrogen-bond donors (Lipinski definition) is 1. The summed E-state index contributed by atoms with van der Waals surface area (Å²) in [4.78, 5) is 30.5. The molecule has 4 aromatic rings. The van der Waals surface area contributed by atoms with Crippen molar-refractivity contribution in [1.29, 1.82) is 0 Å². The Morgan fingerprint density at radius 2 is 1.65 bits per heavy atom. The Labute approximate surface area is 178 Å². The van der Waals surface area contributed by atoms with Gasteiger partial charge in [0.1, 0.15) is 16.7 Å². The highest BCUT2D eigenvalue weighted by molar-refractivity contribution is 5.96. The van der Waals surface area contributed by atoms with Crippen LogP contribution in [0.1, 0.15) is 45.9 Å². The van der Waals surface area contributed by atoms with Crippen molar-refractivity contribution in [2.75, 3.05) is 6.54 Å². The van der Waals surface area contributed by atoms with E-state index < -0.39 is 5.41 Å². The van der Waals surface area contributed by atoms with Crippen molar-refractivity contribution < 1.29 is 13.6 Å². The molecule has 158 valence electrons. The topological polar surface area (TPSA) is 85.3 Å². The first-order valence-corrected chi connectivity index (χ1v) is 10.7. The first-order valence-electron chi connectivity index (χ1n) is 10.7. The summed E-state index contributed by atoms with van der Waals surface area (Å²) in [5.41, 5.74) is 1.39. The van der Waals surface area contributed by atoms with Crippen LogP contribution >= 0.6 is 0 Å². The van der Waals surface area contributed by atoms with E-state index in [1.165, 1.54) is 0 Å². The van der Waals surface area contributed by atoms with Crippen LogP contribution in [-0.2, 0) is 10.2 Å². The van der Waals surface area contributed by atoms with Gasteiger partial charge in [-0.05, 0) is 42.9 Å². The van der Waals surface area contributed by atoms with Gasteiger partial charge in [-0.15, -0.1) is 0 Å². The van der Waals surface area contributed by atoms with Crippen molar-refractivity contribution in [1.82, 2.24) is 10.3 Å². The number of amides is 1. The fourth-order valence-corrected chi connectivity index (χ4v) is 6.36. The molecule has 2 unspecified atom stereocenters. The zero-order chi connectivity index (χ0) is 21.6. The SMILES string of the molecule is CC12CNC(=O)C(C)(C1)C[C@@](C)(c1nc3cc4c(=O)c5ccccc5oc4cc3o1)C2. The van der Waals surface area contributed by atoms with Gasteiger partial charge in [0.25, 0.3) is 0 Å². The molecule has 1 saturated carbocycles. The molecule has 2 aromatic carbocycles. The normalized spacial score (nSPS) is 30.7. The molecule has 2 fully saturated rings. The molecule has 0 spiro atoms. The monoisotopic (exact) mass is 416 g/mol. The quantitative estimate of drug-likeness (QED) is 0.456. The van der Waals surface area contributed by atoms with Crippen molar-refractivity contribution >= 4 is 38.9 Å². The number of carbonyl (C=O) groups is 1. The Kier molecular flexibility index (Phi) is 3.45. The van der Waals surface area contributed by atoms with Crippen LogP contribution in [0, 0.1) is 10.8 Å². The zero-order valence-electron chi connectivity index (χ0n) is 17.9. The number of para-hydroxylation sites is 1. The van der Waals surface area contributed by atoms with Gasteiger partial charge in [-0.1, -0.05) is 32.9 Å². The number of fused-ring (bicyclic) bond motifs is 5. The maximum atomic E-state index is 13.0. The fraction of sp³-hybridized carbons (Fsp3) is 0.400. The van der Waals surface area contributed by atoms with Gasteiger partial charge in [0.15, 0.2) is 5.58 Å². The highest BCUT2D eigenvalue weighted by Gasteiger charge is 2.57. The molecule has 2 bridgehead atoms. The van der Waals surface area contributed by atoms with Crippen LogP contribution in [0.2, 0.25) is 0 Å². The van der Waals surface area contributed by atoms with Gasteiger partial charge in [-0.25, -0.2) is 4.98 Å². The summed E-state index contributed by atoms with van der Waals surface area (Å²) >= 11 is 0. The first kappa shape index (κ1) is 18.6. The molecule has 3 atom stereocenters. The second-order valence-corrected chi connectivity index (χ2v) is 10.4. The molecule has 6 heteroatoms. The molecule has 2 aromatic heterocycles. The number of carbonyl (C=O) groups excluding carboxylic acids is 1. The number of benzene rings is 2. The lowest BCUT2D eigenvalue weighted by Crippen LogP contribution is -2.59. The van der Waals surface area contributed by atoms with E-state index in [4.69, 9.17) is 13.8 Å². The number of hydrogen-bond acceptors (Lipinski definition) is 5. The van der Waals surface area contributed by atoms with Crippen molar-refractivity contribution in [3.8, 4) is 0 Å². The fourth-order valence-electron chi connectivity index (χ4n) is 6.36. The first-order chi connectivity index (χ1) is 14.7. The highest BCUT2D eigenvalue weighted by atomic mass is 16.4. The molecular formula is C25H24N2O4. The molecule has 6 rings (SSSR count). The largest absolute Gasteiger partial charge is 0.456 e. The highest BCUT2D eigenvalue weighted by Crippen LogP contribution is 2.56. The van der Waals surface area contributed by atoms with Gasteiger partial charge in [0.05, 0.1) is 10.8 Å². The summed E-state index contributed by atoms with van der Waals surface area (Å²) in [5.74, 6) is 0.737. The lowest BCUT2D eigenvalue weighted by molar-refractivity contribution is -0.143. The second kappa shape index (κ2) is 5.75. The van der Waals surface area contributed by atoms with Gasteiger partial charge >= 0.3 is 0 Å². The number of aromatic nitrogens is 1. The van der Waals surface area contributed by atoms with E-state index in [2.05, 4.69) is 19.2 Å². The zero-order valence-corrected chi connectivity index (χ0v) is 17.9. The van der Waals surface area contributed by atoms with Crippen LogP contribution in [0.15, 0.2) is 50.0 Å². The van der Waals surface area contributed by atoms with Crippen LogP contribution in [0.5, 0.6) is 0 Å². The summed E-state index contributed by atoms with van der Waals surface area (Å²) in [6.07, 6.45) is 2.43. The third-order valence-corrected chi connectivity index (χ3v) is 7.24. The summed E-state index contributed by atoms with van der Waals surface area (Å²) in [6, 6.07) is 10.8. The summed E-state index contributed by atoms with van der Waals surface area (Å²) < 4.78 is 12.2. The Morgan fingerprint density at radius 3 is 2.48 bits per heavy atom. The number of rotatable bonds is 1. The Morgan fingerprint density at radius 1 is 0.871 bits per heavy atom. The van der Waals surface area contributed by atoms with Crippen molar-refractivity contribution in [3.05, 3.63) is 52.5 Å². The smallest absolute Gasteiger partial charge is 0.226 e. The van der Waals surface area contributed by atoms with E-state index in [9.17, 15) is 9.59 Å². The van der Waals surface area contributed by atoms with Crippen LogP contribution in [0.25, 0.3) is 33.0 Å². The summed E-state index contributed by atoms with van der Waals surface area (Å²) in [5, 5.41) is 4.14. The van der Waals surface area contributed by atoms with Crippen molar-refractivity contribution in [3.63, 3.8) is 0 Å². The van der Waals surface area contributed by atoms with Gasteiger partial charge in [0.2, 0.25) is 17.2 Å². The van der Waals surface area contributed by atoms with Gasteiger partial charge < -0.3 is 14.2 Å². The van der Waals surface area contributed by atoms with E-state index >= 15 is 0 Å². The standard InChI is InChI=1S/C25H24N2O4/c1-23-10-24(2,21(29)26-13-23)12-25(3,11-23)22-27-16-8-15-18(9-19(16)31-22)30-17-7-5-4-6-14(17)20(15)28/h4-9H,10-13H2,1-3H3,(H,26,29)/t23?,24?,25-/m0/s1. The van der Waals surface area contributed by atoms with E-state index in [0.717, 1.165) is 12.8 Å². The Hall–Kier alpha value is -3.15. The van der Waals surface area contributed by atoms with Crippen LogP contribution in [0.3, 0.4) is 0 Å². The predicted molar refractivity (Wildman–Crippen MR) is 118 cm³/mol. The number of nitrogens with zero attached hydrogens (tertiary/aromatic N) is 1. The molecule has 1 aliphatic heterocycles. The number of piperidine rings is 1. The third kappa shape index (κ3) is 2.60. The molecule has 2 aliphatic rings. The maximum Gasteiger partial charge on any atom is 0.226 e. The van der Waals surface area contributed by atoms with Crippen LogP contribution in [0.4, 0.5) is 0 Å². The third-order valence-electron chi connectivity index (χ3n) is 7.24. The molecule has 1 amide bonds. The molecular weight excluding hydrogens is 392 g/mol. The average molecular weight is 416 g/mol. The number of oxazole rings is 1. The minimum absolute atomic E-state index is 0.00370. The minimum atomic E-state index is -0.444. The lowest BCUT2D eigenvalue weighted by Gasteiger charge is -2.54. The molecule has 1 aliphatic carbocycles.